The second-order valence-electron chi connectivity index (χ2n) is 8.49. The molecule has 0 aliphatic carbocycles. The van der Waals surface area contributed by atoms with Crippen molar-refractivity contribution in [2.24, 2.45) is 5.92 Å². The molecule has 176 valence electrons. The minimum Gasteiger partial charge on any atom is -0.444 e. The Morgan fingerprint density at radius 1 is 1.22 bits per heavy atom. The van der Waals surface area contributed by atoms with E-state index in [1.54, 1.807) is 59.7 Å². The molecular weight excluding hydrogens is 460 g/mol. The van der Waals surface area contributed by atoms with Gasteiger partial charge in [-0.25, -0.2) is 13.2 Å². The number of benzene rings is 1. The molecule has 1 atom stereocenters. The van der Waals surface area contributed by atoms with Crippen molar-refractivity contribution >= 4 is 39.1 Å². The van der Waals surface area contributed by atoms with E-state index in [-0.39, 0.29) is 11.8 Å². The van der Waals surface area contributed by atoms with E-state index >= 15 is 0 Å². The third-order valence-electron chi connectivity index (χ3n) is 4.16. The Morgan fingerprint density at radius 3 is 2.47 bits per heavy atom. The zero-order valence-corrected chi connectivity index (χ0v) is 20.3. The molecular formula is C20H27ClN4O6S. The molecule has 0 radical (unpaired) electrons. The van der Waals surface area contributed by atoms with Crippen LogP contribution in [-0.4, -0.2) is 42.0 Å². The number of alkyl carbamates (subject to hydrolysis) is 1. The van der Waals surface area contributed by atoms with Gasteiger partial charge in [0.15, 0.2) is 0 Å². The molecule has 2 amide bonds. The van der Waals surface area contributed by atoms with Crippen molar-refractivity contribution < 1.29 is 27.2 Å². The van der Waals surface area contributed by atoms with Crippen LogP contribution in [0.5, 0.6) is 0 Å². The predicted octanol–water partition coefficient (Wildman–Crippen LogP) is 3.67. The van der Waals surface area contributed by atoms with Crippen molar-refractivity contribution in [3.05, 3.63) is 34.7 Å². The number of hydrogen-bond acceptors (Lipinski definition) is 8. The molecule has 32 heavy (non-hydrogen) atoms. The van der Waals surface area contributed by atoms with Crippen LogP contribution in [0.25, 0.3) is 0 Å². The van der Waals surface area contributed by atoms with Crippen molar-refractivity contribution in [1.29, 1.82) is 0 Å². The van der Waals surface area contributed by atoms with Crippen LogP contribution < -0.4 is 10.6 Å². The Balaban J connectivity index is 2.14. The first-order chi connectivity index (χ1) is 14.7. The summed E-state index contributed by atoms with van der Waals surface area (Å²) in [6, 6.07) is 4.10. The van der Waals surface area contributed by atoms with Crippen LogP contribution in [0, 0.1) is 12.8 Å². The molecule has 2 aromatic rings. The van der Waals surface area contributed by atoms with Crippen LogP contribution in [0.2, 0.25) is 5.02 Å². The van der Waals surface area contributed by atoms with Gasteiger partial charge in [0.2, 0.25) is 21.6 Å². The fourth-order valence-corrected chi connectivity index (χ4v) is 3.68. The number of amides is 2. The number of anilines is 1. The summed E-state index contributed by atoms with van der Waals surface area (Å²) in [6.45, 7) is 10.4. The molecule has 1 aromatic heterocycles. The lowest BCUT2D eigenvalue weighted by molar-refractivity contribution is -0.113. The van der Waals surface area contributed by atoms with E-state index in [1.165, 1.54) is 0 Å². The summed E-state index contributed by atoms with van der Waals surface area (Å²) in [4.78, 5) is 24.4. The zero-order valence-electron chi connectivity index (χ0n) is 18.7. The van der Waals surface area contributed by atoms with E-state index in [9.17, 15) is 18.0 Å². The number of carbonyl (C=O) groups is 2. The number of nitrogens with zero attached hydrogens (tertiary/aromatic N) is 2. The topological polar surface area (TPSA) is 140 Å². The second kappa shape index (κ2) is 9.86. The van der Waals surface area contributed by atoms with Crippen molar-refractivity contribution in [2.75, 3.05) is 11.1 Å². The molecule has 0 aliphatic rings. The standard InChI is InChI=1S/C20H27ClN4O6S/c1-11(2)16(23-18(27)31-20(4,5)6)17-24-25-19(30-17)32(28,29)10-15(26)22-14-9-7-8-13(21)12(14)3/h7-9,11,16H,10H2,1-6H3,(H,22,26)(H,23,27). The summed E-state index contributed by atoms with van der Waals surface area (Å²) in [7, 11) is -4.23. The summed E-state index contributed by atoms with van der Waals surface area (Å²) in [5, 5.41) is 12.1. The first-order valence-corrected chi connectivity index (χ1v) is 11.8. The third-order valence-corrected chi connectivity index (χ3v) is 5.90. The summed E-state index contributed by atoms with van der Waals surface area (Å²) < 4.78 is 35.7. The van der Waals surface area contributed by atoms with Crippen LogP contribution in [-0.2, 0) is 19.4 Å². The Bertz CT molecular complexity index is 1090. The highest BCUT2D eigenvalue weighted by atomic mass is 35.5. The van der Waals surface area contributed by atoms with Gasteiger partial charge in [0.1, 0.15) is 17.4 Å². The number of hydrogen-bond donors (Lipinski definition) is 2. The lowest BCUT2D eigenvalue weighted by atomic mass is 10.1. The fourth-order valence-electron chi connectivity index (χ4n) is 2.58. The molecule has 0 saturated carbocycles. The Morgan fingerprint density at radius 2 is 1.88 bits per heavy atom. The van der Waals surface area contributed by atoms with Gasteiger partial charge in [-0.15, -0.1) is 5.10 Å². The highest BCUT2D eigenvalue weighted by molar-refractivity contribution is 7.91. The summed E-state index contributed by atoms with van der Waals surface area (Å²) in [5.74, 6) is -2.03. The van der Waals surface area contributed by atoms with Crippen LogP contribution in [0.15, 0.2) is 27.8 Å². The molecule has 12 heteroatoms. The smallest absolute Gasteiger partial charge is 0.408 e. The molecule has 2 rings (SSSR count). The van der Waals surface area contributed by atoms with E-state index in [2.05, 4.69) is 20.8 Å². The molecule has 0 fully saturated rings. The quantitative estimate of drug-likeness (QED) is 0.603. The maximum atomic E-state index is 12.6. The second-order valence-corrected chi connectivity index (χ2v) is 10.8. The minimum absolute atomic E-state index is 0.115. The number of ether oxygens (including phenoxy) is 1. The average molecular weight is 487 g/mol. The van der Waals surface area contributed by atoms with Gasteiger partial charge in [-0.1, -0.05) is 36.6 Å². The van der Waals surface area contributed by atoms with Crippen LogP contribution in [0.3, 0.4) is 0 Å². The van der Waals surface area contributed by atoms with Crippen molar-refractivity contribution in [1.82, 2.24) is 15.5 Å². The highest BCUT2D eigenvalue weighted by Crippen LogP contribution is 2.25. The van der Waals surface area contributed by atoms with E-state index in [0.29, 0.717) is 16.3 Å². The molecule has 1 aromatic carbocycles. The lowest BCUT2D eigenvalue weighted by Crippen LogP contribution is -2.37. The van der Waals surface area contributed by atoms with Gasteiger partial charge in [0, 0.05) is 10.7 Å². The van der Waals surface area contributed by atoms with Gasteiger partial charge >= 0.3 is 11.3 Å². The molecule has 1 unspecified atom stereocenters. The van der Waals surface area contributed by atoms with Crippen LogP contribution in [0.1, 0.15) is 52.1 Å². The van der Waals surface area contributed by atoms with Gasteiger partial charge < -0.3 is 19.8 Å². The van der Waals surface area contributed by atoms with E-state index in [4.69, 9.17) is 20.8 Å². The predicted molar refractivity (Wildman–Crippen MR) is 118 cm³/mol. The summed E-state index contributed by atoms with van der Waals surface area (Å²) in [6.07, 6.45) is -0.713. The van der Waals surface area contributed by atoms with E-state index in [1.807, 2.05) is 0 Å². The largest absolute Gasteiger partial charge is 0.444 e. The Kier molecular flexibility index (Phi) is 7.89. The molecule has 10 nitrogen and oxygen atoms in total. The van der Waals surface area contributed by atoms with Crippen molar-refractivity contribution in [2.45, 2.75) is 58.4 Å². The van der Waals surface area contributed by atoms with Crippen molar-refractivity contribution in [3.8, 4) is 0 Å². The van der Waals surface area contributed by atoms with Gasteiger partial charge in [0.05, 0.1) is 0 Å². The normalized spacial score (nSPS) is 13.0. The number of sulfone groups is 1. The Labute approximate surface area is 192 Å². The fraction of sp³-hybridized carbons (Fsp3) is 0.500. The van der Waals surface area contributed by atoms with Gasteiger partial charge in [-0.2, -0.15) is 0 Å². The molecule has 0 aliphatic heterocycles. The first kappa shape index (κ1) is 25.6. The van der Waals surface area contributed by atoms with Gasteiger partial charge in [-0.3, -0.25) is 4.79 Å². The molecule has 2 N–H and O–H groups in total. The monoisotopic (exact) mass is 486 g/mol. The van der Waals surface area contributed by atoms with Crippen LogP contribution >= 0.6 is 11.6 Å². The van der Waals surface area contributed by atoms with Crippen molar-refractivity contribution in [3.63, 3.8) is 0 Å². The van der Waals surface area contributed by atoms with Crippen LogP contribution in [0.4, 0.5) is 10.5 Å². The Hall–Kier alpha value is -2.66. The van der Waals surface area contributed by atoms with Gasteiger partial charge in [-0.05, 0) is 51.3 Å². The molecule has 0 saturated heterocycles. The number of nitrogens with one attached hydrogen (secondary N) is 2. The van der Waals surface area contributed by atoms with E-state index in [0.717, 1.165) is 0 Å². The average Bonchev–Trinajstić information content (AvgIpc) is 3.12. The van der Waals surface area contributed by atoms with Gasteiger partial charge in [0.25, 0.3) is 0 Å². The zero-order chi connectivity index (χ0) is 24.3. The maximum Gasteiger partial charge on any atom is 0.408 e. The maximum absolute atomic E-state index is 12.6. The molecule has 0 spiro atoms. The number of aromatic nitrogens is 2. The summed E-state index contributed by atoms with van der Waals surface area (Å²) >= 11 is 6.01. The third kappa shape index (κ3) is 6.92. The highest BCUT2D eigenvalue weighted by Gasteiger charge is 2.31. The van der Waals surface area contributed by atoms with E-state index < -0.39 is 44.5 Å². The number of halogens is 1. The molecule has 1 heterocycles. The summed E-state index contributed by atoms with van der Waals surface area (Å²) in [5.41, 5.74) is 0.280. The first-order valence-electron chi connectivity index (χ1n) is 9.80. The number of carbonyl (C=O) groups excluding carboxylic acids is 2. The minimum atomic E-state index is -4.23. The molecule has 0 bridgehead atoms. The lowest BCUT2D eigenvalue weighted by Gasteiger charge is -2.23. The SMILES string of the molecule is Cc1c(Cl)cccc1NC(=O)CS(=O)(=O)c1nnc(C(NC(=O)OC(C)(C)C)C(C)C)o1. The number of rotatable bonds is 7.